The fraction of sp³-hybridized carbons (Fsp3) is 0.500. The van der Waals surface area contributed by atoms with Crippen LogP contribution in [0.1, 0.15) is 63.0 Å². The summed E-state index contributed by atoms with van der Waals surface area (Å²) in [5.74, 6) is 0.883. The lowest BCUT2D eigenvalue weighted by Gasteiger charge is -2.33. The van der Waals surface area contributed by atoms with Crippen LogP contribution in [0.3, 0.4) is 0 Å². The molecule has 2 aromatic carbocycles. The number of halogens is 1. The zero-order chi connectivity index (χ0) is 24.6. The molecular formula is C28H35FN2O4. The molecule has 1 fully saturated rings. The summed E-state index contributed by atoms with van der Waals surface area (Å²) in [6.07, 6.45) is 6.71. The van der Waals surface area contributed by atoms with Gasteiger partial charge in [-0.15, -0.1) is 0 Å². The number of rotatable bonds is 9. The SMILES string of the molecule is CCC(C(=O)NC1CCCCC1)N(Cc1ccc(F)cc1)C(=O)CCc1ccc2c(c1)OCCO2. The molecule has 6 nitrogen and oxygen atoms in total. The summed E-state index contributed by atoms with van der Waals surface area (Å²) < 4.78 is 24.7. The second-order valence-corrected chi connectivity index (χ2v) is 9.39. The smallest absolute Gasteiger partial charge is 0.243 e. The Morgan fingerprint density at radius 3 is 2.40 bits per heavy atom. The summed E-state index contributed by atoms with van der Waals surface area (Å²) in [7, 11) is 0. The van der Waals surface area contributed by atoms with E-state index in [-0.39, 0.29) is 36.6 Å². The molecule has 4 rings (SSSR count). The van der Waals surface area contributed by atoms with E-state index < -0.39 is 6.04 Å². The first-order chi connectivity index (χ1) is 17.0. The van der Waals surface area contributed by atoms with E-state index in [4.69, 9.17) is 9.47 Å². The maximum atomic E-state index is 13.5. The molecule has 1 unspecified atom stereocenters. The van der Waals surface area contributed by atoms with E-state index in [0.29, 0.717) is 31.8 Å². The Bertz CT molecular complexity index is 1000. The number of carbonyl (C=O) groups excluding carboxylic acids is 2. The molecule has 1 saturated carbocycles. The van der Waals surface area contributed by atoms with Crippen LogP contribution in [0.15, 0.2) is 42.5 Å². The van der Waals surface area contributed by atoms with Gasteiger partial charge in [-0.1, -0.05) is 44.4 Å². The van der Waals surface area contributed by atoms with Crippen LogP contribution in [0, 0.1) is 5.82 Å². The summed E-state index contributed by atoms with van der Waals surface area (Å²) in [5.41, 5.74) is 1.77. The number of fused-ring (bicyclic) bond motifs is 1. The Morgan fingerprint density at radius 2 is 1.69 bits per heavy atom. The molecule has 0 bridgehead atoms. The van der Waals surface area contributed by atoms with Gasteiger partial charge >= 0.3 is 0 Å². The molecule has 35 heavy (non-hydrogen) atoms. The van der Waals surface area contributed by atoms with Gasteiger partial charge in [0.05, 0.1) is 0 Å². The molecule has 1 heterocycles. The topological polar surface area (TPSA) is 67.9 Å². The van der Waals surface area contributed by atoms with Crippen molar-refractivity contribution in [2.24, 2.45) is 0 Å². The third-order valence-corrected chi connectivity index (χ3v) is 6.84. The number of ether oxygens (including phenoxy) is 2. The Kier molecular flexibility index (Phi) is 8.61. The predicted octanol–water partition coefficient (Wildman–Crippen LogP) is 4.79. The highest BCUT2D eigenvalue weighted by Gasteiger charge is 2.30. The molecule has 2 amide bonds. The summed E-state index contributed by atoms with van der Waals surface area (Å²) in [6, 6.07) is 11.4. The molecule has 7 heteroatoms. The lowest BCUT2D eigenvalue weighted by molar-refractivity contribution is -0.141. The van der Waals surface area contributed by atoms with Crippen molar-refractivity contribution in [3.63, 3.8) is 0 Å². The zero-order valence-electron chi connectivity index (χ0n) is 20.4. The molecule has 0 aromatic heterocycles. The monoisotopic (exact) mass is 482 g/mol. The molecule has 2 aromatic rings. The number of carbonyl (C=O) groups is 2. The van der Waals surface area contributed by atoms with Crippen LogP contribution in [-0.2, 0) is 22.6 Å². The quantitative estimate of drug-likeness (QED) is 0.558. The van der Waals surface area contributed by atoms with Gasteiger partial charge in [0.2, 0.25) is 11.8 Å². The van der Waals surface area contributed by atoms with Crippen molar-refractivity contribution in [2.45, 2.75) is 76.9 Å². The number of nitrogens with zero attached hydrogens (tertiary/aromatic N) is 1. The average Bonchev–Trinajstić information content (AvgIpc) is 2.88. The fourth-order valence-electron chi connectivity index (χ4n) is 4.89. The molecule has 1 aliphatic heterocycles. The highest BCUT2D eigenvalue weighted by atomic mass is 19.1. The lowest BCUT2D eigenvalue weighted by Crippen LogP contribution is -2.51. The summed E-state index contributed by atoms with van der Waals surface area (Å²) >= 11 is 0. The van der Waals surface area contributed by atoms with Gasteiger partial charge in [0.15, 0.2) is 11.5 Å². The Labute approximate surface area is 206 Å². The van der Waals surface area contributed by atoms with E-state index in [1.807, 2.05) is 25.1 Å². The Hall–Kier alpha value is -3.09. The predicted molar refractivity (Wildman–Crippen MR) is 132 cm³/mol. The zero-order valence-corrected chi connectivity index (χ0v) is 20.4. The van der Waals surface area contributed by atoms with Crippen molar-refractivity contribution in [3.05, 3.63) is 59.4 Å². The van der Waals surface area contributed by atoms with Gasteiger partial charge in [0.1, 0.15) is 25.1 Å². The van der Waals surface area contributed by atoms with Crippen molar-refractivity contribution in [3.8, 4) is 11.5 Å². The number of nitrogens with one attached hydrogen (secondary N) is 1. The third-order valence-electron chi connectivity index (χ3n) is 6.84. The van der Waals surface area contributed by atoms with Crippen molar-refractivity contribution in [1.29, 1.82) is 0 Å². The average molecular weight is 483 g/mol. The number of hydrogen-bond donors (Lipinski definition) is 1. The number of aryl methyl sites for hydroxylation is 1. The van der Waals surface area contributed by atoms with Gasteiger partial charge in [-0.25, -0.2) is 4.39 Å². The first-order valence-corrected chi connectivity index (χ1v) is 12.8. The minimum Gasteiger partial charge on any atom is -0.486 e. The number of hydrogen-bond acceptors (Lipinski definition) is 4. The minimum atomic E-state index is -0.574. The maximum Gasteiger partial charge on any atom is 0.243 e. The van der Waals surface area contributed by atoms with E-state index in [2.05, 4.69) is 5.32 Å². The van der Waals surface area contributed by atoms with Crippen molar-refractivity contribution in [1.82, 2.24) is 10.2 Å². The molecule has 0 radical (unpaired) electrons. The number of amides is 2. The van der Waals surface area contributed by atoms with Crippen LogP contribution in [-0.4, -0.2) is 42.0 Å². The minimum absolute atomic E-state index is 0.102. The summed E-state index contributed by atoms with van der Waals surface area (Å²) in [6.45, 7) is 3.23. The molecule has 1 atom stereocenters. The van der Waals surface area contributed by atoms with E-state index in [9.17, 15) is 14.0 Å². The van der Waals surface area contributed by atoms with Gasteiger partial charge in [0, 0.05) is 19.0 Å². The van der Waals surface area contributed by atoms with Gasteiger partial charge in [-0.3, -0.25) is 9.59 Å². The molecule has 188 valence electrons. The largest absolute Gasteiger partial charge is 0.486 e. The first-order valence-electron chi connectivity index (χ1n) is 12.8. The molecule has 1 N–H and O–H groups in total. The van der Waals surface area contributed by atoms with Crippen LogP contribution >= 0.6 is 0 Å². The summed E-state index contributed by atoms with van der Waals surface area (Å²) in [4.78, 5) is 28.4. The molecule has 1 aliphatic carbocycles. The normalized spacial score (nSPS) is 16.4. The second kappa shape index (κ2) is 12.0. The molecule has 0 spiro atoms. The van der Waals surface area contributed by atoms with Crippen molar-refractivity contribution < 1.29 is 23.5 Å². The first kappa shape index (κ1) is 25.0. The maximum absolute atomic E-state index is 13.5. The van der Waals surface area contributed by atoms with E-state index >= 15 is 0 Å². The lowest BCUT2D eigenvalue weighted by atomic mass is 9.95. The Morgan fingerprint density at radius 1 is 1.00 bits per heavy atom. The van der Waals surface area contributed by atoms with E-state index in [0.717, 1.165) is 42.6 Å². The van der Waals surface area contributed by atoms with Gasteiger partial charge in [0.25, 0.3) is 0 Å². The van der Waals surface area contributed by atoms with Crippen LogP contribution < -0.4 is 14.8 Å². The summed E-state index contributed by atoms with van der Waals surface area (Å²) in [5, 5.41) is 3.18. The molecular weight excluding hydrogens is 447 g/mol. The second-order valence-electron chi connectivity index (χ2n) is 9.39. The van der Waals surface area contributed by atoms with Gasteiger partial charge in [-0.2, -0.15) is 0 Å². The van der Waals surface area contributed by atoms with Crippen LogP contribution in [0.25, 0.3) is 0 Å². The van der Waals surface area contributed by atoms with Crippen molar-refractivity contribution >= 4 is 11.8 Å². The van der Waals surface area contributed by atoms with Crippen molar-refractivity contribution in [2.75, 3.05) is 13.2 Å². The van der Waals surface area contributed by atoms with Gasteiger partial charge in [-0.05, 0) is 61.1 Å². The number of benzene rings is 2. The van der Waals surface area contributed by atoms with Crippen LogP contribution in [0.4, 0.5) is 4.39 Å². The fourth-order valence-corrected chi connectivity index (χ4v) is 4.89. The standard InChI is InChI=1S/C28H35FN2O4/c1-2-24(28(33)30-23-6-4-3-5-7-23)31(19-21-8-12-22(29)13-9-21)27(32)15-11-20-10-14-25-26(18-20)35-17-16-34-25/h8-10,12-14,18,23-24H,2-7,11,15-17,19H2,1H3,(H,30,33). The Balaban J connectivity index is 1.47. The van der Waals surface area contributed by atoms with Crippen LogP contribution in [0.5, 0.6) is 11.5 Å². The molecule has 2 aliphatic rings. The van der Waals surface area contributed by atoms with E-state index in [1.165, 1.54) is 18.6 Å². The van der Waals surface area contributed by atoms with Crippen LogP contribution in [0.2, 0.25) is 0 Å². The molecule has 0 saturated heterocycles. The third kappa shape index (κ3) is 6.74. The van der Waals surface area contributed by atoms with Gasteiger partial charge < -0.3 is 19.7 Å². The highest BCUT2D eigenvalue weighted by molar-refractivity contribution is 5.88. The highest BCUT2D eigenvalue weighted by Crippen LogP contribution is 2.31. The van der Waals surface area contributed by atoms with E-state index in [1.54, 1.807) is 17.0 Å².